The molecule has 31 heavy (non-hydrogen) atoms. The third kappa shape index (κ3) is 2.15. The lowest BCUT2D eigenvalue weighted by Gasteiger charge is -2.77. The van der Waals surface area contributed by atoms with Gasteiger partial charge in [-0.2, -0.15) is 0 Å². The molecule has 174 valence electrons. The quantitative estimate of drug-likeness (QED) is 0.367. The van der Waals surface area contributed by atoms with Gasteiger partial charge in [0.1, 0.15) is 0 Å². The van der Waals surface area contributed by atoms with E-state index >= 15 is 0 Å². The zero-order chi connectivity index (χ0) is 22.7. The molecule has 4 saturated carbocycles. The highest BCUT2D eigenvalue weighted by atomic mass is 16.8. The molecule has 6 fully saturated rings. The van der Waals surface area contributed by atoms with E-state index in [-0.39, 0.29) is 11.8 Å². The van der Waals surface area contributed by atoms with E-state index in [1.165, 1.54) is 14.0 Å². The number of hydrogen-bond acceptors (Lipinski definition) is 8. The highest BCUT2D eigenvalue weighted by molar-refractivity contribution is 5.66. The number of hydrogen-bond donors (Lipinski definition) is 4. The Morgan fingerprint density at radius 1 is 1.19 bits per heavy atom. The predicted octanol–water partition coefficient (Wildman–Crippen LogP) is 0.711. The van der Waals surface area contributed by atoms with E-state index in [1.807, 2.05) is 0 Å². The summed E-state index contributed by atoms with van der Waals surface area (Å²) in [5, 5.41) is 46.7. The average Bonchev–Trinajstić information content (AvgIpc) is 2.79. The maximum absolute atomic E-state index is 12.3. The summed E-state index contributed by atoms with van der Waals surface area (Å²) in [6.07, 6.45) is -2.98. The van der Waals surface area contributed by atoms with Crippen molar-refractivity contribution in [1.82, 2.24) is 0 Å². The lowest BCUT2D eigenvalue weighted by atomic mass is 9.35. The van der Waals surface area contributed by atoms with Gasteiger partial charge in [0.05, 0.1) is 23.7 Å². The number of methoxy groups -OCH3 is 1. The Kier molecular flexibility index (Phi) is 4.43. The second-order valence-electron chi connectivity index (χ2n) is 11.1. The molecule has 6 aliphatic rings. The zero-order valence-corrected chi connectivity index (χ0v) is 18.6. The van der Waals surface area contributed by atoms with Crippen molar-refractivity contribution in [3.05, 3.63) is 12.2 Å². The molecule has 0 unspecified atom stereocenters. The largest absolute Gasteiger partial charge is 0.456 e. The molecular weight excluding hydrogens is 404 g/mol. The first-order chi connectivity index (χ1) is 14.4. The van der Waals surface area contributed by atoms with Gasteiger partial charge in [-0.1, -0.05) is 26.8 Å². The summed E-state index contributed by atoms with van der Waals surface area (Å²) in [6, 6.07) is 0. The summed E-state index contributed by atoms with van der Waals surface area (Å²) >= 11 is 0. The minimum atomic E-state index is -2.26. The number of carbonyl (C=O) groups is 1. The Morgan fingerprint density at radius 2 is 1.87 bits per heavy atom. The highest BCUT2D eigenvalue weighted by Gasteiger charge is 2.89. The van der Waals surface area contributed by atoms with Crippen molar-refractivity contribution >= 4 is 5.97 Å². The maximum Gasteiger partial charge on any atom is 0.303 e. The zero-order valence-electron chi connectivity index (χ0n) is 18.6. The van der Waals surface area contributed by atoms with Crippen LogP contribution in [0, 0.1) is 34.0 Å². The summed E-state index contributed by atoms with van der Waals surface area (Å²) in [5.74, 6) is -4.56. The van der Waals surface area contributed by atoms with Crippen LogP contribution in [0.2, 0.25) is 0 Å². The van der Waals surface area contributed by atoms with E-state index < -0.39 is 71.0 Å². The molecule has 2 aliphatic heterocycles. The lowest BCUT2D eigenvalue weighted by Crippen LogP contribution is -2.88. The number of esters is 1. The van der Waals surface area contributed by atoms with E-state index in [4.69, 9.17) is 14.2 Å². The fourth-order valence-electron chi connectivity index (χ4n) is 8.84. The molecule has 8 heteroatoms. The highest BCUT2D eigenvalue weighted by Crippen LogP contribution is 2.79. The molecule has 0 aromatic rings. The van der Waals surface area contributed by atoms with Crippen molar-refractivity contribution in [2.24, 2.45) is 34.0 Å². The molecule has 0 amide bonds. The van der Waals surface area contributed by atoms with Gasteiger partial charge in [-0.05, 0) is 30.3 Å². The van der Waals surface area contributed by atoms with Crippen molar-refractivity contribution in [2.75, 3.05) is 7.11 Å². The van der Waals surface area contributed by atoms with Gasteiger partial charge in [0.15, 0.2) is 12.4 Å². The van der Waals surface area contributed by atoms with Crippen LogP contribution >= 0.6 is 0 Å². The van der Waals surface area contributed by atoms with Gasteiger partial charge < -0.3 is 34.6 Å². The molecule has 0 radical (unpaired) electrons. The van der Waals surface area contributed by atoms with Crippen molar-refractivity contribution in [2.45, 2.75) is 82.9 Å². The fourth-order valence-corrected chi connectivity index (χ4v) is 8.84. The summed E-state index contributed by atoms with van der Waals surface area (Å²) in [6.45, 7) is 9.40. The Hall–Kier alpha value is -1.03. The molecule has 6 rings (SSSR count). The normalized spacial score (nSPS) is 56.7. The second kappa shape index (κ2) is 6.30. The minimum Gasteiger partial charge on any atom is -0.456 e. The molecular formula is C23H34O8. The number of carbonyl (C=O) groups excluding carboxylic acids is 1. The summed E-state index contributed by atoms with van der Waals surface area (Å²) in [5.41, 5.74) is -2.56. The van der Waals surface area contributed by atoms with Gasteiger partial charge in [0.25, 0.3) is 0 Å². The van der Waals surface area contributed by atoms with Gasteiger partial charge in [0, 0.05) is 37.2 Å². The Morgan fingerprint density at radius 3 is 2.48 bits per heavy atom. The first kappa shape index (κ1) is 21.8. The van der Waals surface area contributed by atoms with Crippen LogP contribution in [-0.2, 0) is 19.0 Å². The van der Waals surface area contributed by atoms with Gasteiger partial charge in [-0.3, -0.25) is 4.79 Å². The van der Waals surface area contributed by atoms with Gasteiger partial charge in [-0.25, -0.2) is 0 Å². The molecule has 2 heterocycles. The molecule has 4 aliphatic carbocycles. The van der Waals surface area contributed by atoms with E-state index in [2.05, 4.69) is 20.4 Å². The van der Waals surface area contributed by atoms with Gasteiger partial charge in [-0.15, -0.1) is 0 Å². The molecule has 0 aromatic carbocycles. The van der Waals surface area contributed by atoms with Crippen LogP contribution in [-0.4, -0.2) is 70.0 Å². The number of aliphatic hydroxyl groups is 4. The van der Waals surface area contributed by atoms with Crippen molar-refractivity contribution in [3.63, 3.8) is 0 Å². The molecule has 11 atom stereocenters. The van der Waals surface area contributed by atoms with Crippen LogP contribution in [0.4, 0.5) is 0 Å². The molecule has 0 aromatic heterocycles. The molecule has 4 N–H and O–H groups in total. The number of ether oxygens (including phenoxy) is 3. The van der Waals surface area contributed by atoms with E-state index in [0.717, 1.165) is 12.8 Å². The van der Waals surface area contributed by atoms with E-state index in [1.54, 1.807) is 0 Å². The van der Waals surface area contributed by atoms with Crippen LogP contribution in [0.5, 0.6) is 0 Å². The van der Waals surface area contributed by atoms with Crippen molar-refractivity contribution in [3.8, 4) is 0 Å². The van der Waals surface area contributed by atoms with Crippen molar-refractivity contribution in [1.29, 1.82) is 0 Å². The van der Waals surface area contributed by atoms with Gasteiger partial charge in [0.2, 0.25) is 5.79 Å². The Bertz CT molecular complexity index is 826. The Labute approximate surface area is 182 Å². The van der Waals surface area contributed by atoms with Crippen molar-refractivity contribution < 1.29 is 39.4 Å². The minimum absolute atomic E-state index is 0.239. The summed E-state index contributed by atoms with van der Waals surface area (Å²) in [4.78, 5) is 12.2. The second-order valence-corrected chi connectivity index (χ2v) is 11.1. The van der Waals surface area contributed by atoms with E-state index in [0.29, 0.717) is 12.0 Å². The first-order valence-electron chi connectivity index (χ1n) is 11.2. The lowest BCUT2D eigenvalue weighted by molar-refractivity contribution is -0.521. The third-order valence-corrected chi connectivity index (χ3v) is 9.52. The molecule has 2 saturated heterocycles. The predicted molar refractivity (Wildman–Crippen MR) is 107 cm³/mol. The molecule has 2 spiro atoms. The summed E-state index contributed by atoms with van der Waals surface area (Å²) < 4.78 is 17.8. The summed E-state index contributed by atoms with van der Waals surface area (Å²) in [7, 11) is 1.49. The standard InChI is InChI=1S/C23H34O8/c1-10-12-9-13(25)14-21-8-6-7-20(3,4)15(21)18(30-11(2)24)23(28,31-19(21)29-5)22(14,16(10)26)17(12)27/h12-19,25-28H,1,6-9H2,2-5H3/t12-,13-,14-,15+,16+,17+,18-,19-,21+,22-,23-/m0/s1. The number of rotatable bonds is 2. The topological polar surface area (TPSA) is 126 Å². The number of aliphatic hydroxyl groups excluding tert-OH is 3. The van der Waals surface area contributed by atoms with Gasteiger partial charge >= 0.3 is 5.97 Å². The van der Waals surface area contributed by atoms with Crippen LogP contribution < -0.4 is 0 Å². The average molecular weight is 439 g/mol. The van der Waals surface area contributed by atoms with Crippen LogP contribution in [0.25, 0.3) is 0 Å². The maximum atomic E-state index is 12.3. The van der Waals surface area contributed by atoms with Crippen LogP contribution in [0.1, 0.15) is 46.5 Å². The van der Waals surface area contributed by atoms with E-state index in [9.17, 15) is 25.2 Å². The fraction of sp³-hybridized carbons (Fsp3) is 0.870. The SMILES string of the molecule is C=C1[C@@H](O)[C@]23[C@H](O)[C@H]1C[C@H](O)[C@H]2[C@]12CCCC(C)(C)[C@H]1[C@H](OC(C)=O)[C@]3(O)O[C@@H]2OC. The smallest absolute Gasteiger partial charge is 0.303 e. The van der Waals surface area contributed by atoms with Crippen LogP contribution in [0.3, 0.4) is 0 Å². The Balaban J connectivity index is 1.85. The molecule has 4 bridgehead atoms. The third-order valence-electron chi connectivity index (χ3n) is 9.52. The number of fused-ring (bicyclic) bond motifs is 2. The first-order valence-corrected chi connectivity index (χ1v) is 11.2. The van der Waals surface area contributed by atoms with Crippen LogP contribution in [0.15, 0.2) is 12.2 Å². The monoisotopic (exact) mass is 438 g/mol. The molecule has 8 nitrogen and oxygen atoms in total.